The van der Waals surface area contributed by atoms with E-state index in [1.165, 1.54) is 13.1 Å². The third-order valence-electron chi connectivity index (χ3n) is 3.52. The van der Waals surface area contributed by atoms with Crippen molar-refractivity contribution < 1.29 is 14.4 Å². The first kappa shape index (κ1) is 15.9. The highest BCUT2D eigenvalue weighted by Crippen LogP contribution is 2.25. The van der Waals surface area contributed by atoms with E-state index in [-0.39, 0.29) is 17.7 Å². The van der Waals surface area contributed by atoms with Crippen LogP contribution >= 0.6 is 34.2 Å². The number of amides is 3. The molecular formula is C16H10ClIN2O3. The van der Waals surface area contributed by atoms with Crippen LogP contribution in [0.15, 0.2) is 36.4 Å². The largest absolute Gasteiger partial charge is 0.322 e. The number of nitrogens with zero attached hydrogens (tertiary/aromatic N) is 1. The number of hydrogen-bond donors (Lipinski definition) is 1. The maximum atomic E-state index is 12.3. The number of benzene rings is 2. The molecule has 116 valence electrons. The van der Waals surface area contributed by atoms with E-state index in [0.29, 0.717) is 27.4 Å². The van der Waals surface area contributed by atoms with Gasteiger partial charge in [-0.15, -0.1) is 0 Å². The topological polar surface area (TPSA) is 66.5 Å². The molecule has 23 heavy (non-hydrogen) atoms. The molecule has 3 rings (SSSR count). The molecule has 0 bridgehead atoms. The minimum atomic E-state index is -0.373. The van der Waals surface area contributed by atoms with Gasteiger partial charge in [-0.3, -0.25) is 19.3 Å². The lowest BCUT2D eigenvalue weighted by Crippen LogP contribution is -2.24. The minimum Gasteiger partial charge on any atom is -0.322 e. The van der Waals surface area contributed by atoms with E-state index in [1.807, 2.05) is 22.6 Å². The highest BCUT2D eigenvalue weighted by Gasteiger charge is 2.32. The second-order valence-electron chi connectivity index (χ2n) is 5.01. The Labute approximate surface area is 150 Å². The van der Waals surface area contributed by atoms with Gasteiger partial charge in [-0.1, -0.05) is 11.6 Å². The van der Waals surface area contributed by atoms with Crippen LogP contribution in [0.1, 0.15) is 31.1 Å². The SMILES string of the molecule is CN1C(=O)c2ccc(NC(=O)c3ccc(Cl)cc3I)cc2C1=O. The van der Waals surface area contributed by atoms with E-state index in [0.717, 1.165) is 8.47 Å². The van der Waals surface area contributed by atoms with Crippen LogP contribution in [-0.2, 0) is 0 Å². The van der Waals surface area contributed by atoms with Gasteiger partial charge in [-0.2, -0.15) is 0 Å². The van der Waals surface area contributed by atoms with Crippen LogP contribution in [0.25, 0.3) is 0 Å². The molecule has 0 aromatic heterocycles. The van der Waals surface area contributed by atoms with Crippen LogP contribution in [0.3, 0.4) is 0 Å². The predicted molar refractivity (Wildman–Crippen MR) is 95.0 cm³/mol. The average Bonchev–Trinajstić information content (AvgIpc) is 2.72. The van der Waals surface area contributed by atoms with Crippen LogP contribution in [0.4, 0.5) is 5.69 Å². The summed E-state index contributed by atoms with van der Waals surface area (Å²) in [5.74, 6) is -1.02. The summed E-state index contributed by atoms with van der Waals surface area (Å²) in [6, 6.07) is 9.62. The minimum absolute atomic E-state index is 0.293. The Hall–Kier alpha value is -1.93. The summed E-state index contributed by atoms with van der Waals surface area (Å²) >= 11 is 7.91. The zero-order chi connectivity index (χ0) is 16.7. The average molecular weight is 441 g/mol. The van der Waals surface area contributed by atoms with E-state index in [2.05, 4.69) is 5.32 Å². The van der Waals surface area contributed by atoms with E-state index in [4.69, 9.17) is 11.6 Å². The van der Waals surface area contributed by atoms with Crippen LogP contribution < -0.4 is 5.32 Å². The molecule has 0 spiro atoms. The number of carbonyl (C=O) groups excluding carboxylic acids is 3. The summed E-state index contributed by atoms with van der Waals surface area (Å²) in [5, 5.41) is 3.28. The molecule has 1 N–H and O–H groups in total. The van der Waals surface area contributed by atoms with Crippen molar-refractivity contribution in [1.29, 1.82) is 0 Å². The zero-order valence-corrected chi connectivity index (χ0v) is 14.8. The summed E-state index contributed by atoms with van der Waals surface area (Å²) in [5.41, 5.74) is 1.57. The molecule has 0 unspecified atom stereocenters. The number of fused-ring (bicyclic) bond motifs is 1. The Morgan fingerprint density at radius 3 is 2.48 bits per heavy atom. The Kier molecular flexibility index (Phi) is 4.11. The fraction of sp³-hybridized carbons (Fsp3) is 0.0625. The van der Waals surface area contributed by atoms with Gasteiger partial charge >= 0.3 is 0 Å². The van der Waals surface area contributed by atoms with Crippen molar-refractivity contribution in [3.63, 3.8) is 0 Å². The Bertz CT molecular complexity index is 866. The van der Waals surface area contributed by atoms with Crippen molar-refractivity contribution >= 4 is 57.6 Å². The molecule has 5 nitrogen and oxygen atoms in total. The first-order valence-corrected chi connectivity index (χ1v) is 8.07. The maximum Gasteiger partial charge on any atom is 0.261 e. The molecule has 0 atom stereocenters. The van der Waals surface area contributed by atoms with Gasteiger partial charge < -0.3 is 5.32 Å². The number of carbonyl (C=O) groups is 3. The predicted octanol–water partition coefficient (Wildman–Crippen LogP) is 3.42. The van der Waals surface area contributed by atoms with Gasteiger partial charge in [0.1, 0.15) is 0 Å². The number of hydrogen-bond acceptors (Lipinski definition) is 3. The molecule has 0 saturated carbocycles. The number of anilines is 1. The van der Waals surface area contributed by atoms with E-state index < -0.39 is 0 Å². The van der Waals surface area contributed by atoms with Crippen molar-refractivity contribution in [2.75, 3.05) is 12.4 Å². The molecule has 1 aliphatic heterocycles. The van der Waals surface area contributed by atoms with Gasteiger partial charge in [-0.05, 0) is 59.0 Å². The van der Waals surface area contributed by atoms with Gasteiger partial charge in [0.15, 0.2) is 0 Å². The number of nitrogens with one attached hydrogen (secondary N) is 1. The van der Waals surface area contributed by atoms with Crippen LogP contribution in [0.2, 0.25) is 5.02 Å². The summed E-state index contributed by atoms with van der Waals surface area (Å²) in [4.78, 5) is 37.2. The lowest BCUT2D eigenvalue weighted by atomic mass is 10.1. The van der Waals surface area contributed by atoms with Gasteiger partial charge in [-0.25, -0.2) is 0 Å². The normalized spacial score (nSPS) is 13.3. The van der Waals surface area contributed by atoms with Crippen LogP contribution in [0.5, 0.6) is 0 Å². The zero-order valence-electron chi connectivity index (χ0n) is 11.9. The van der Waals surface area contributed by atoms with Crippen LogP contribution in [-0.4, -0.2) is 29.7 Å². The monoisotopic (exact) mass is 440 g/mol. The molecule has 0 fully saturated rings. The van der Waals surface area contributed by atoms with E-state index in [9.17, 15) is 14.4 Å². The Morgan fingerprint density at radius 2 is 1.78 bits per heavy atom. The standard InChI is InChI=1S/C16H10ClIN2O3/c1-20-15(22)10-5-3-9(7-12(10)16(20)23)19-14(21)11-4-2-8(17)6-13(11)18/h2-7H,1H3,(H,19,21). The molecule has 0 saturated heterocycles. The molecule has 0 aliphatic carbocycles. The molecule has 0 radical (unpaired) electrons. The highest BCUT2D eigenvalue weighted by molar-refractivity contribution is 14.1. The van der Waals surface area contributed by atoms with Gasteiger partial charge in [0, 0.05) is 21.3 Å². The lowest BCUT2D eigenvalue weighted by molar-refractivity contribution is 0.0692. The second-order valence-corrected chi connectivity index (χ2v) is 6.61. The van der Waals surface area contributed by atoms with Gasteiger partial charge in [0.05, 0.1) is 16.7 Å². The van der Waals surface area contributed by atoms with Crippen molar-refractivity contribution in [1.82, 2.24) is 4.90 Å². The Balaban J connectivity index is 1.89. The summed E-state index contributed by atoms with van der Waals surface area (Å²) in [6.45, 7) is 0. The van der Waals surface area contributed by atoms with Gasteiger partial charge in [0.25, 0.3) is 17.7 Å². The number of halogens is 2. The van der Waals surface area contributed by atoms with Crippen LogP contribution in [0, 0.1) is 3.57 Å². The van der Waals surface area contributed by atoms with Crippen molar-refractivity contribution in [3.8, 4) is 0 Å². The molecule has 1 heterocycles. The van der Waals surface area contributed by atoms with Crippen molar-refractivity contribution in [2.24, 2.45) is 0 Å². The number of rotatable bonds is 2. The Morgan fingerprint density at radius 1 is 1.09 bits per heavy atom. The van der Waals surface area contributed by atoms with E-state index in [1.54, 1.807) is 30.3 Å². The smallest absolute Gasteiger partial charge is 0.261 e. The first-order chi connectivity index (χ1) is 10.9. The van der Waals surface area contributed by atoms with Crippen molar-refractivity contribution in [3.05, 3.63) is 61.7 Å². The second kappa shape index (κ2) is 5.93. The van der Waals surface area contributed by atoms with Gasteiger partial charge in [0.2, 0.25) is 0 Å². The summed E-state index contributed by atoms with van der Waals surface area (Å²) in [7, 11) is 1.43. The third-order valence-corrected chi connectivity index (χ3v) is 4.65. The molecule has 7 heteroatoms. The molecule has 3 amide bonds. The highest BCUT2D eigenvalue weighted by atomic mass is 127. The summed E-state index contributed by atoms with van der Waals surface area (Å²) < 4.78 is 0.722. The van der Waals surface area contributed by atoms with Crippen molar-refractivity contribution in [2.45, 2.75) is 0 Å². The lowest BCUT2D eigenvalue weighted by Gasteiger charge is -2.08. The third kappa shape index (κ3) is 2.84. The quantitative estimate of drug-likeness (QED) is 0.575. The van der Waals surface area contributed by atoms with E-state index >= 15 is 0 Å². The molecule has 1 aliphatic rings. The molecular weight excluding hydrogens is 431 g/mol. The summed E-state index contributed by atoms with van der Waals surface area (Å²) in [6.07, 6.45) is 0. The fourth-order valence-electron chi connectivity index (χ4n) is 2.31. The molecule has 2 aromatic rings. The molecule has 2 aromatic carbocycles. The first-order valence-electron chi connectivity index (χ1n) is 6.61. The fourth-order valence-corrected chi connectivity index (χ4v) is 3.43. The number of imide groups is 1. The maximum absolute atomic E-state index is 12.3.